The van der Waals surface area contributed by atoms with Crippen molar-refractivity contribution in [3.05, 3.63) is 69.1 Å². The highest BCUT2D eigenvalue weighted by Crippen LogP contribution is 2.46. The molecule has 0 aliphatic carbocycles. The van der Waals surface area contributed by atoms with Gasteiger partial charge in [-0.05, 0) is 37.1 Å². The van der Waals surface area contributed by atoms with E-state index in [0.29, 0.717) is 33.2 Å². The van der Waals surface area contributed by atoms with Crippen LogP contribution in [-0.2, 0) is 5.41 Å². The molecule has 0 unspecified atom stereocenters. The van der Waals surface area contributed by atoms with Gasteiger partial charge in [0, 0.05) is 29.1 Å². The Morgan fingerprint density at radius 3 is 2.38 bits per heavy atom. The van der Waals surface area contributed by atoms with Gasteiger partial charge in [0.05, 0.1) is 0 Å². The first-order valence-corrected chi connectivity index (χ1v) is 10.1. The van der Waals surface area contributed by atoms with Crippen LogP contribution in [-0.4, -0.2) is 21.6 Å². The van der Waals surface area contributed by atoms with Gasteiger partial charge < -0.3 is 4.90 Å². The highest BCUT2D eigenvalue weighted by molar-refractivity contribution is 5.75. The first kappa shape index (κ1) is 20.8. The summed E-state index contributed by atoms with van der Waals surface area (Å²) in [7, 11) is 2.02. The molecule has 0 radical (unpaired) electrons. The lowest BCUT2D eigenvalue weighted by atomic mass is 9.83. The quantitative estimate of drug-likeness (QED) is 0.600. The zero-order chi connectivity index (χ0) is 23.2. The van der Waals surface area contributed by atoms with E-state index < -0.39 is 0 Å². The molecule has 0 saturated heterocycles. The highest BCUT2D eigenvalue weighted by atomic mass is 15.3. The maximum atomic E-state index is 9.81. The summed E-state index contributed by atoms with van der Waals surface area (Å²) in [5.74, 6) is 0.458. The van der Waals surface area contributed by atoms with Crippen LogP contribution in [0.4, 0.5) is 5.69 Å². The number of benzene rings is 1. The number of anilines is 1. The van der Waals surface area contributed by atoms with Crippen LogP contribution in [0.3, 0.4) is 0 Å². The molecule has 0 fully saturated rings. The van der Waals surface area contributed by atoms with Gasteiger partial charge in [-0.2, -0.15) is 20.9 Å². The van der Waals surface area contributed by atoms with Crippen LogP contribution in [0.15, 0.2) is 36.0 Å². The Labute approximate surface area is 186 Å². The number of likely N-dealkylation sites (N-methyl/N-ethyl adjacent to an activating group) is 1. The average Bonchev–Trinajstić information content (AvgIpc) is 3.24. The zero-order valence-electron chi connectivity index (χ0n) is 18.6. The van der Waals surface area contributed by atoms with Gasteiger partial charge in [-0.3, -0.25) is 0 Å². The van der Waals surface area contributed by atoms with Crippen LogP contribution < -0.4 is 15.5 Å². The Kier molecular flexibility index (Phi) is 4.80. The van der Waals surface area contributed by atoms with E-state index in [1.54, 1.807) is 13.8 Å². The van der Waals surface area contributed by atoms with E-state index in [1.807, 2.05) is 43.5 Å². The fourth-order valence-corrected chi connectivity index (χ4v) is 4.50. The van der Waals surface area contributed by atoms with Crippen molar-refractivity contribution in [2.45, 2.75) is 33.1 Å². The molecule has 156 valence electrons. The SMILES string of the molecule is Cc1nc2c(C#N)c(C)c(=CC=C3N(C)c4ccccc4C3(C)C)c(=C(C#N)C#N)n2n1. The Hall–Kier alpha value is -4.41. The minimum absolute atomic E-state index is 0.0838. The average molecular weight is 419 g/mol. The number of pyridine rings is 1. The summed E-state index contributed by atoms with van der Waals surface area (Å²) in [5.41, 5.74) is 4.47. The number of hydrogen-bond donors (Lipinski definition) is 0. The summed E-state index contributed by atoms with van der Waals surface area (Å²) in [6.45, 7) is 7.84. The van der Waals surface area contributed by atoms with Crippen molar-refractivity contribution in [1.82, 2.24) is 14.6 Å². The first-order valence-electron chi connectivity index (χ1n) is 10.1. The van der Waals surface area contributed by atoms with Crippen LogP contribution in [0.1, 0.15) is 36.4 Å². The Balaban J connectivity index is 2.14. The van der Waals surface area contributed by atoms with Crippen molar-refractivity contribution in [1.29, 1.82) is 15.8 Å². The van der Waals surface area contributed by atoms with Crippen molar-refractivity contribution < 1.29 is 0 Å². The fourth-order valence-electron chi connectivity index (χ4n) is 4.50. The summed E-state index contributed by atoms with van der Waals surface area (Å²) in [5, 5.41) is 34.4. The number of nitriles is 3. The lowest BCUT2D eigenvalue weighted by Crippen LogP contribution is -2.37. The molecule has 0 N–H and O–H groups in total. The minimum Gasteiger partial charge on any atom is -0.347 e. The predicted molar refractivity (Wildman–Crippen MR) is 121 cm³/mol. The second-order valence-electron chi connectivity index (χ2n) is 8.29. The van der Waals surface area contributed by atoms with Crippen molar-refractivity contribution in [2.24, 2.45) is 0 Å². The summed E-state index contributed by atoms with van der Waals surface area (Å²) in [6.07, 6.45) is 3.87. The minimum atomic E-state index is -0.237. The number of para-hydroxylation sites is 1. The maximum Gasteiger partial charge on any atom is 0.174 e. The molecule has 0 spiro atoms. The molecule has 0 amide bonds. The summed E-state index contributed by atoms with van der Waals surface area (Å²) in [6, 6.07) is 14.4. The Morgan fingerprint density at radius 2 is 1.75 bits per heavy atom. The molecular formula is C25H21N7. The van der Waals surface area contributed by atoms with Gasteiger partial charge in [0.2, 0.25) is 0 Å². The van der Waals surface area contributed by atoms with Crippen molar-refractivity contribution in [2.75, 3.05) is 11.9 Å². The topological polar surface area (TPSA) is 105 Å². The number of rotatable bonds is 1. The fraction of sp³-hybridized carbons (Fsp3) is 0.240. The molecule has 7 nitrogen and oxygen atoms in total. The molecular weight excluding hydrogens is 398 g/mol. The number of aromatic nitrogens is 3. The third-order valence-corrected chi connectivity index (χ3v) is 6.10. The third-order valence-electron chi connectivity index (χ3n) is 6.10. The highest BCUT2D eigenvalue weighted by Gasteiger charge is 2.37. The molecule has 0 bridgehead atoms. The number of fused-ring (bicyclic) bond motifs is 2. The van der Waals surface area contributed by atoms with Crippen LogP contribution in [0.5, 0.6) is 0 Å². The molecule has 4 rings (SSSR count). The van der Waals surface area contributed by atoms with E-state index in [2.05, 4.69) is 47.0 Å². The normalized spacial score (nSPS) is 16.0. The van der Waals surface area contributed by atoms with E-state index >= 15 is 0 Å². The first-order chi connectivity index (χ1) is 15.3. The van der Waals surface area contributed by atoms with E-state index in [9.17, 15) is 15.8 Å². The molecule has 0 atom stereocenters. The van der Waals surface area contributed by atoms with Gasteiger partial charge in [0.25, 0.3) is 0 Å². The van der Waals surface area contributed by atoms with Gasteiger partial charge in [0.15, 0.2) is 11.2 Å². The zero-order valence-corrected chi connectivity index (χ0v) is 18.6. The van der Waals surface area contributed by atoms with Gasteiger partial charge >= 0.3 is 0 Å². The maximum absolute atomic E-state index is 9.81. The molecule has 1 aliphatic rings. The van der Waals surface area contributed by atoms with Gasteiger partial charge in [-0.15, -0.1) is 0 Å². The molecule has 2 aromatic heterocycles. The van der Waals surface area contributed by atoms with Crippen LogP contribution in [0, 0.1) is 47.8 Å². The van der Waals surface area contributed by atoms with Gasteiger partial charge in [-0.1, -0.05) is 38.1 Å². The summed E-state index contributed by atoms with van der Waals surface area (Å²) < 4.78 is 1.44. The Bertz CT molecular complexity index is 1550. The van der Waals surface area contributed by atoms with E-state index in [-0.39, 0.29) is 11.0 Å². The van der Waals surface area contributed by atoms with E-state index in [0.717, 1.165) is 11.4 Å². The molecule has 0 saturated carbocycles. The number of allylic oxidation sites excluding steroid dienone is 2. The monoisotopic (exact) mass is 419 g/mol. The third kappa shape index (κ3) is 2.86. The van der Waals surface area contributed by atoms with E-state index in [4.69, 9.17) is 0 Å². The molecule has 1 aliphatic heterocycles. The van der Waals surface area contributed by atoms with Gasteiger partial charge in [-0.25, -0.2) is 9.50 Å². The molecule has 3 aromatic rings. The van der Waals surface area contributed by atoms with Crippen molar-refractivity contribution >= 4 is 23.0 Å². The molecule has 32 heavy (non-hydrogen) atoms. The number of aryl methyl sites for hydroxylation is 1. The lowest BCUT2D eigenvalue weighted by Gasteiger charge is -2.23. The smallest absolute Gasteiger partial charge is 0.174 e. The van der Waals surface area contributed by atoms with Crippen LogP contribution >= 0.6 is 0 Å². The van der Waals surface area contributed by atoms with E-state index in [1.165, 1.54) is 10.1 Å². The van der Waals surface area contributed by atoms with Crippen molar-refractivity contribution in [3.63, 3.8) is 0 Å². The van der Waals surface area contributed by atoms with Gasteiger partial charge in [0.1, 0.15) is 34.9 Å². The largest absolute Gasteiger partial charge is 0.347 e. The lowest BCUT2D eigenvalue weighted by molar-refractivity contribution is 0.641. The molecule has 3 heterocycles. The Morgan fingerprint density at radius 1 is 1.06 bits per heavy atom. The summed E-state index contributed by atoms with van der Waals surface area (Å²) >= 11 is 0. The second-order valence-corrected chi connectivity index (χ2v) is 8.29. The predicted octanol–water partition coefficient (Wildman–Crippen LogP) is 2.51. The molecule has 7 heteroatoms. The van der Waals surface area contributed by atoms with Crippen LogP contribution in [0.25, 0.3) is 17.3 Å². The summed E-state index contributed by atoms with van der Waals surface area (Å²) in [4.78, 5) is 6.50. The number of hydrogen-bond acceptors (Lipinski definition) is 6. The van der Waals surface area contributed by atoms with Crippen LogP contribution in [0.2, 0.25) is 0 Å². The molecule has 1 aromatic carbocycles. The second kappa shape index (κ2) is 7.38. The van der Waals surface area contributed by atoms with Crippen molar-refractivity contribution in [3.8, 4) is 18.2 Å². The number of nitrogens with zero attached hydrogens (tertiary/aromatic N) is 7. The standard InChI is InChI=1S/C25H21N7/c1-15-18(10-11-22-25(3,4)20-8-6-7-9-21(20)31(22)5)23(17(12-26)13-27)32-24(19(15)14-28)29-16(2)30-32/h6-11H,1-5H3.